The molecule has 11 aromatic carbocycles. The van der Waals surface area contributed by atoms with E-state index in [9.17, 15) is 0 Å². The van der Waals surface area contributed by atoms with Crippen molar-refractivity contribution in [3.8, 4) is 22.3 Å². The van der Waals surface area contributed by atoms with Gasteiger partial charge in [-0.3, -0.25) is 0 Å². The van der Waals surface area contributed by atoms with Crippen LogP contribution in [-0.4, -0.2) is 0 Å². The van der Waals surface area contributed by atoms with Gasteiger partial charge in [0.05, 0.1) is 0 Å². The first kappa shape index (κ1) is 35.2. The second kappa shape index (κ2) is 12.8. The fourth-order valence-corrected chi connectivity index (χ4v) is 10.7. The lowest BCUT2D eigenvalue weighted by Gasteiger charge is -2.23. The molecule has 0 heteroatoms. The summed E-state index contributed by atoms with van der Waals surface area (Å²) in [6.07, 6.45) is 0. The van der Waals surface area contributed by atoms with Crippen LogP contribution in [0.5, 0.6) is 0 Å². The second-order valence-electron chi connectivity index (χ2n) is 18.4. The molecule has 0 aliphatic heterocycles. The van der Waals surface area contributed by atoms with Crippen LogP contribution in [0.25, 0.3) is 108 Å². The van der Waals surface area contributed by atoms with Crippen LogP contribution in [0.4, 0.5) is 0 Å². The third kappa shape index (κ3) is 4.94. The molecule has 0 aliphatic rings. The van der Waals surface area contributed by atoms with Crippen LogP contribution in [0, 0.1) is 0 Å². The molecule has 0 atom stereocenters. The molecular weight excluding hydrogens is 697 g/mol. The van der Waals surface area contributed by atoms with E-state index in [0.717, 1.165) is 0 Å². The Morgan fingerprint density at radius 3 is 0.931 bits per heavy atom. The summed E-state index contributed by atoms with van der Waals surface area (Å²) in [6, 6.07) is 52.6. The number of hydrogen-bond acceptors (Lipinski definition) is 0. The highest BCUT2D eigenvalue weighted by Gasteiger charge is 2.24. The van der Waals surface area contributed by atoms with Crippen molar-refractivity contribution in [3.63, 3.8) is 0 Å². The molecule has 282 valence electrons. The van der Waals surface area contributed by atoms with Gasteiger partial charge in [-0.1, -0.05) is 189 Å². The molecule has 0 N–H and O–H groups in total. The summed E-state index contributed by atoms with van der Waals surface area (Å²) >= 11 is 0. The summed E-state index contributed by atoms with van der Waals surface area (Å²) in [5.41, 5.74) is 10.9. The highest BCUT2D eigenvalue weighted by Crippen LogP contribution is 2.51. The van der Waals surface area contributed by atoms with Gasteiger partial charge in [0.2, 0.25) is 0 Å². The molecule has 0 amide bonds. The molecule has 58 heavy (non-hydrogen) atoms. The summed E-state index contributed by atoms with van der Waals surface area (Å²) in [6.45, 7) is 18.6. The first-order valence-corrected chi connectivity index (χ1v) is 21.5. The van der Waals surface area contributed by atoms with E-state index < -0.39 is 0 Å². The third-order valence-corrected chi connectivity index (χ3v) is 13.7. The monoisotopic (exact) mass is 746 g/mol. The number of hydrogen-bond donors (Lipinski definition) is 0. The molecule has 0 aliphatic carbocycles. The Hall–Kier alpha value is -5.98. The molecule has 0 nitrogen and oxygen atoms in total. The molecule has 0 radical (unpaired) electrons. The van der Waals surface area contributed by atoms with E-state index in [1.54, 1.807) is 0 Å². The lowest BCUT2D eigenvalue weighted by molar-refractivity contribution is 0.868. The van der Waals surface area contributed by atoms with Crippen molar-refractivity contribution in [2.45, 2.75) is 79.1 Å². The zero-order chi connectivity index (χ0) is 39.7. The molecule has 0 bridgehead atoms. The van der Waals surface area contributed by atoms with E-state index in [0.29, 0.717) is 23.7 Å². The zero-order valence-electron chi connectivity index (χ0n) is 35.0. The molecule has 11 rings (SSSR count). The largest absolute Gasteiger partial charge is 0.0587 e. The fraction of sp³-hybridized carbons (Fsp3) is 0.207. The van der Waals surface area contributed by atoms with Crippen LogP contribution < -0.4 is 0 Å². The summed E-state index contributed by atoms with van der Waals surface area (Å²) in [7, 11) is 0. The van der Waals surface area contributed by atoms with Gasteiger partial charge in [0.1, 0.15) is 0 Å². The van der Waals surface area contributed by atoms with Gasteiger partial charge in [0.25, 0.3) is 0 Å². The first-order valence-electron chi connectivity index (χ1n) is 21.5. The molecule has 0 aromatic heterocycles. The predicted molar refractivity (Wildman–Crippen MR) is 256 cm³/mol. The predicted octanol–water partition coefficient (Wildman–Crippen LogP) is 17.6. The maximum Gasteiger partial charge on any atom is -0.00200 e. The Balaban J connectivity index is 1.31. The Morgan fingerprint density at radius 2 is 0.569 bits per heavy atom. The van der Waals surface area contributed by atoms with Gasteiger partial charge in [-0.05, 0) is 154 Å². The lowest BCUT2D eigenvalue weighted by atomic mass is 9.80. The van der Waals surface area contributed by atoms with Gasteiger partial charge < -0.3 is 0 Å². The van der Waals surface area contributed by atoms with Gasteiger partial charge in [-0.15, -0.1) is 0 Å². The van der Waals surface area contributed by atoms with Crippen LogP contribution in [0.2, 0.25) is 0 Å². The lowest BCUT2D eigenvalue weighted by Crippen LogP contribution is -1.97. The smallest absolute Gasteiger partial charge is 0.00200 e. The van der Waals surface area contributed by atoms with Crippen molar-refractivity contribution in [2.75, 3.05) is 0 Å². The standard InChI is InChI=1S/C58H50/c1-31(2)39-17-27-49-51(29-39)57(47-25-15-37-11-21-43-41(33(5)6)19-9-35-13-23-45(47)55(37)53(35)43)50-28-18-40(32(3)4)30-52(50)58(49)48-26-16-38-12-22-44-42(34(7)8)20-10-36-14-24-46(48)56(38)54(36)44/h9-34H,1-8H3. The molecule has 0 saturated heterocycles. The third-order valence-electron chi connectivity index (χ3n) is 13.7. The summed E-state index contributed by atoms with van der Waals surface area (Å²) in [5, 5.41) is 21.5. The van der Waals surface area contributed by atoms with Crippen molar-refractivity contribution >= 4 is 86.2 Å². The molecule has 0 fully saturated rings. The minimum Gasteiger partial charge on any atom is -0.0587 e. The Labute approximate surface area is 341 Å². The van der Waals surface area contributed by atoms with E-state index in [2.05, 4.69) is 189 Å². The van der Waals surface area contributed by atoms with E-state index in [1.165, 1.54) is 131 Å². The quantitative estimate of drug-likeness (QED) is 0.117. The van der Waals surface area contributed by atoms with E-state index >= 15 is 0 Å². The molecule has 11 aromatic rings. The fourth-order valence-electron chi connectivity index (χ4n) is 10.7. The maximum absolute atomic E-state index is 2.52. The van der Waals surface area contributed by atoms with Gasteiger partial charge in [-0.25, -0.2) is 0 Å². The number of benzene rings is 11. The minimum atomic E-state index is 0.403. The van der Waals surface area contributed by atoms with Crippen molar-refractivity contribution in [1.29, 1.82) is 0 Å². The van der Waals surface area contributed by atoms with Crippen LogP contribution in [0.3, 0.4) is 0 Å². The van der Waals surface area contributed by atoms with E-state index in [-0.39, 0.29) is 0 Å². The van der Waals surface area contributed by atoms with Crippen molar-refractivity contribution in [2.24, 2.45) is 0 Å². The van der Waals surface area contributed by atoms with Crippen molar-refractivity contribution < 1.29 is 0 Å². The Kier molecular flexibility index (Phi) is 7.74. The highest BCUT2D eigenvalue weighted by atomic mass is 14.3. The minimum absolute atomic E-state index is 0.403. The second-order valence-corrected chi connectivity index (χ2v) is 18.4. The van der Waals surface area contributed by atoms with Crippen molar-refractivity contribution in [1.82, 2.24) is 0 Å². The van der Waals surface area contributed by atoms with Gasteiger partial charge in [-0.2, -0.15) is 0 Å². The average molecular weight is 747 g/mol. The van der Waals surface area contributed by atoms with Crippen LogP contribution in [-0.2, 0) is 0 Å². The molecule has 0 spiro atoms. The average Bonchev–Trinajstić information content (AvgIpc) is 3.23. The van der Waals surface area contributed by atoms with Gasteiger partial charge in [0, 0.05) is 0 Å². The molecule has 0 heterocycles. The Morgan fingerprint density at radius 1 is 0.259 bits per heavy atom. The number of rotatable bonds is 6. The van der Waals surface area contributed by atoms with Crippen LogP contribution in [0.15, 0.2) is 133 Å². The topological polar surface area (TPSA) is 0 Å². The van der Waals surface area contributed by atoms with Gasteiger partial charge >= 0.3 is 0 Å². The normalized spacial score (nSPS) is 12.8. The summed E-state index contributed by atoms with van der Waals surface area (Å²) in [5.74, 6) is 1.71. The zero-order valence-corrected chi connectivity index (χ0v) is 35.0. The van der Waals surface area contributed by atoms with Crippen LogP contribution in [0.1, 0.15) is 101 Å². The SMILES string of the molecule is CC(C)c1ccc2c(-c3ccc4ccc5c(C(C)C)ccc6ccc3c4c65)c3cc(C(C)C)ccc3c(-c3ccc4ccc5c(C(C)C)ccc6ccc3c4c65)c2c1. The summed E-state index contributed by atoms with van der Waals surface area (Å²) in [4.78, 5) is 0. The maximum atomic E-state index is 2.52. The molecule has 0 saturated carbocycles. The Bertz CT molecular complexity index is 3210. The van der Waals surface area contributed by atoms with Crippen LogP contribution >= 0.6 is 0 Å². The number of fused-ring (bicyclic) bond motifs is 2. The van der Waals surface area contributed by atoms with Crippen molar-refractivity contribution in [3.05, 3.63) is 156 Å². The molecular formula is C58H50. The van der Waals surface area contributed by atoms with E-state index in [4.69, 9.17) is 0 Å². The van der Waals surface area contributed by atoms with E-state index in [1.807, 2.05) is 0 Å². The first-order chi connectivity index (χ1) is 28.1. The molecule has 0 unspecified atom stereocenters. The highest BCUT2D eigenvalue weighted by molar-refractivity contribution is 6.32. The summed E-state index contributed by atoms with van der Waals surface area (Å²) < 4.78 is 0. The van der Waals surface area contributed by atoms with Gasteiger partial charge in [0.15, 0.2) is 0 Å².